The molecule has 0 saturated carbocycles. The summed E-state index contributed by atoms with van der Waals surface area (Å²) in [7, 11) is -9.20. The van der Waals surface area contributed by atoms with Gasteiger partial charge in [-0.2, -0.15) is 0 Å². The predicted molar refractivity (Wildman–Crippen MR) is 62.8 cm³/mol. The molecule has 1 aromatic heterocycles. The van der Waals surface area contributed by atoms with Crippen molar-refractivity contribution in [1.82, 2.24) is 4.98 Å². The maximum Gasteiger partial charge on any atom is 0.369 e. The summed E-state index contributed by atoms with van der Waals surface area (Å²) >= 11 is 0. The predicted octanol–water partition coefficient (Wildman–Crippen LogP) is -1.16. The van der Waals surface area contributed by atoms with E-state index in [1.165, 1.54) is 10.8 Å². The van der Waals surface area contributed by atoms with Crippen LogP contribution in [-0.2, 0) is 22.6 Å². The smallest absolute Gasteiger partial charge is 0.368 e. The van der Waals surface area contributed by atoms with Gasteiger partial charge in [0, 0.05) is 12.5 Å². The Labute approximate surface area is 108 Å². The third-order valence-electron chi connectivity index (χ3n) is 2.64. The van der Waals surface area contributed by atoms with Gasteiger partial charge in [0.2, 0.25) is 0 Å². The highest BCUT2D eigenvalue weighted by atomic mass is 31.2. The van der Waals surface area contributed by atoms with Crippen molar-refractivity contribution in [3.8, 4) is 0 Å². The Kier molecular flexibility index (Phi) is 4.64. The molecule has 0 atom stereocenters. The molecule has 0 aliphatic carbocycles. The minimum Gasteiger partial charge on any atom is -0.368 e. The molecule has 9 nitrogen and oxygen atoms in total. The van der Waals surface area contributed by atoms with Crippen molar-refractivity contribution in [3.63, 3.8) is 0 Å². The maximum atomic E-state index is 11.1. The van der Waals surface area contributed by atoms with E-state index >= 15 is 0 Å². The molecule has 5 N–H and O–H groups in total. The second kappa shape index (κ2) is 5.38. The Morgan fingerprint density at radius 2 is 1.79 bits per heavy atom. The van der Waals surface area contributed by atoms with Crippen molar-refractivity contribution in [2.24, 2.45) is 7.05 Å². The number of hydrogen-bond acceptors (Lipinski definition) is 4. The van der Waals surface area contributed by atoms with Crippen LogP contribution in [0.15, 0.2) is 18.5 Å². The lowest BCUT2D eigenvalue weighted by molar-refractivity contribution is -0.682. The van der Waals surface area contributed by atoms with E-state index in [0.717, 1.165) is 0 Å². The van der Waals surface area contributed by atoms with Crippen LogP contribution in [0.25, 0.3) is 0 Å². The van der Waals surface area contributed by atoms with Crippen LogP contribution in [0.1, 0.15) is 12.2 Å². The van der Waals surface area contributed by atoms with Crippen LogP contribution in [0, 0.1) is 0 Å². The van der Waals surface area contributed by atoms with E-state index in [-0.39, 0.29) is 6.42 Å². The van der Waals surface area contributed by atoms with Crippen LogP contribution in [0.2, 0.25) is 0 Å². The van der Waals surface area contributed by atoms with Crippen molar-refractivity contribution < 1.29 is 38.4 Å². The maximum absolute atomic E-state index is 11.1. The van der Waals surface area contributed by atoms with Gasteiger partial charge < -0.3 is 24.7 Å². The van der Waals surface area contributed by atoms with Gasteiger partial charge in [0.15, 0.2) is 0 Å². The third-order valence-corrected chi connectivity index (χ3v) is 6.52. The summed E-state index contributed by atoms with van der Waals surface area (Å²) in [5, 5.41) is 6.27. The number of hydrogen-bond donors (Lipinski definition) is 5. The third kappa shape index (κ3) is 3.46. The summed E-state index contributed by atoms with van der Waals surface area (Å²) < 4.78 is 23.8. The average Bonchev–Trinajstić information content (AvgIpc) is 2.24. The van der Waals surface area contributed by atoms with E-state index in [9.17, 15) is 14.2 Å². The van der Waals surface area contributed by atoms with Crippen molar-refractivity contribution >= 4 is 15.2 Å². The van der Waals surface area contributed by atoms with Gasteiger partial charge in [-0.15, -0.1) is 0 Å². The zero-order valence-electron chi connectivity index (χ0n) is 9.99. The molecule has 0 saturated heterocycles. The highest BCUT2D eigenvalue weighted by Gasteiger charge is 2.59. The summed E-state index contributed by atoms with van der Waals surface area (Å²) in [6.07, 6.45) is 2.01. The molecule has 0 bridgehead atoms. The second-order valence-corrected chi connectivity index (χ2v) is 8.02. The molecule has 19 heavy (non-hydrogen) atoms. The van der Waals surface area contributed by atoms with Crippen molar-refractivity contribution in [1.29, 1.82) is 0 Å². The quantitative estimate of drug-likeness (QED) is 0.337. The van der Waals surface area contributed by atoms with Gasteiger partial charge in [-0.05, 0) is 0 Å². The molecule has 1 heterocycles. The molecule has 0 amide bonds. The van der Waals surface area contributed by atoms with Crippen LogP contribution in [-0.4, -0.2) is 34.7 Å². The fourth-order valence-corrected chi connectivity index (χ4v) is 3.62. The van der Waals surface area contributed by atoms with Crippen LogP contribution in [0.4, 0.5) is 0 Å². The van der Waals surface area contributed by atoms with E-state index in [2.05, 4.69) is 4.98 Å². The van der Waals surface area contributed by atoms with E-state index in [4.69, 9.17) is 19.6 Å². The molecule has 0 aromatic carbocycles. The fourth-order valence-electron chi connectivity index (χ4n) is 1.46. The first-order valence-electron chi connectivity index (χ1n) is 5.12. The largest absolute Gasteiger partial charge is 0.369 e. The van der Waals surface area contributed by atoms with E-state index < -0.39 is 26.7 Å². The number of aromatic nitrogens is 2. The topological polar surface area (TPSA) is 152 Å². The van der Waals surface area contributed by atoms with Gasteiger partial charge in [-0.3, -0.25) is 9.13 Å². The molecule has 0 unspecified atom stereocenters. The van der Waals surface area contributed by atoms with E-state index in [0.29, 0.717) is 5.82 Å². The number of nitrogens with zero attached hydrogens (tertiary/aromatic N) is 2. The van der Waals surface area contributed by atoms with E-state index in [1.54, 1.807) is 19.3 Å². The molecule has 0 radical (unpaired) electrons. The molecule has 1 aromatic rings. The summed E-state index contributed by atoms with van der Waals surface area (Å²) in [5.41, 5.74) is 0. The van der Waals surface area contributed by atoms with Gasteiger partial charge in [0.05, 0.1) is 19.7 Å². The molecule has 108 valence electrons. The SMILES string of the molecule is C[n+]1cccnc1CCC(O)(P(=O)(O)O)P(=O)(O)O. The zero-order valence-corrected chi connectivity index (χ0v) is 11.8. The minimum atomic E-state index is -5.41. The van der Waals surface area contributed by atoms with Gasteiger partial charge >= 0.3 is 15.2 Å². The molecule has 0 fully saturated rings. The highest BCUT2D eigenvalue weighted by molar-refractivity contribution is 7.72. The normalized spacial score (nSPS) is 13.6. The summed E-state index contributed by atoms with van der Waals surface area (Å²) in [6.45, 7) is 0. The Balaban J connectivity index is 3.03. The molecule has 11 heteroatoms. The zero-order chi connectivity index (χ0) is 14.9. The van der Waals surface area contributed by atoms with Crippen molar-refractivity contribution in [2.75, 3.05) is 0 Å². The Bertz CT molecular complexity index is 530. The second-order valence-electron chi connectivity index (χ2n) is 4.01. The fraction of sp³-hybridized carbons (Fsp3) is 0.500. The molecule has 0 spiro atoms. The monoisotopic (exact) mass is 313 g/mol. The lowest BCUT2D eigenvalue weighted by Crippen LogP contribution is -2.36. The molecular weight excluding hydrogens is 298 g/mol. The standard InChI is InChI=1S/C8H14N2O7P2/c1-10-6-2-5-9-7(10)3-4-8(11,18(12,13)14)19(15,16)17/h2,5-6,11H,3-4H2,1H3,(H3-,12,13,14,15,16,17)/p+1. The Morgan fingerprint density at radius 3 is 2.21 bits per heavy atom. The first-order valence-corrected chi connectivity index (χ1v) is 8.35. The first-order chi connectivity index (χ1) is 8.49. The Morgan fingerprint density at radius 1 is 1.26 bits per heavy atom. The van der Waals surface area contributed by atoms with Crippen LogP contribution in [0.3, 0.4) is 0 Å². The molecule has 0 aliphatic heterocycles. The first kappa shape index (κ1) is 16.4. The van der Waals surface area contributed by atoms with Crippen molar-refractivity contribution in [2.45, 2.75) is 17.9 Å². The van der Waals surface area contributed by atoms with Crippen LogP contribution < -0.4 is 4.57 Å². The lowest BCUT2D eigenvalue weighted by atomic mass is 10.3. The molecule has 0 aliphatic rings. The van der Waals surface area contributed by atoms with E-state index in [1.807, 2.05) is 0 Å². The summed E-state index contributed by atoms with van der Waals surface area (Å²) in [4.78, 5) is 39.7. The number of aryl methyl sites for hydroxylation is 2. The number of rotatable bonds is 5. The average molecular weight is 313 g/mol. The number of aliphatic hydroxyl groups is 1. The van der Waals surface area contributed by atoms with Crippen LogP contribution >= 0.6 is 15.2 Å². The van der Waals surface area contributed by atoms with Gasteiger partial charge in [0.1, 0.15) is 6.20 Å². The van der Waals surface area contributed by atoms with Crippen molar-refractivity contribution in [3.05, 3.63) is 24.3 Å². The minimum absolute atomic E-state index is 0.204. The van der Waals surface area contributed by atoms with Gasteiger partial charge in [0.25, 0.3) is 10.9 Å². The summed E-state index contributed by atoms with van der Waals surface area (Å²) in [6, 6.07) is 1.61. The Hall–Kier alpha value is -0.660. The van der Waals surface area contributed by atoms with Crippen LogP contribution in [0.5, 0.6) is 0 Å². The highest BCUT2D eigenvalue weighted by Crippen LogP contribution is 2.69. The van der Waals surface area contributed by atoms with Gasteiger partial charge in [-0.25, -0.2) is 4.57 Å². The lowest BCUT2D eigenvalue weighted by Gasteiger charge is -2.28. The summed E-state index contributed by atoms with van der Waals surface area (Å²) in [5.74, 6) is 0.322. The van der Waals surface area contributed by atoms with Gasteiger partial charge in [-0.1, -0.05) is 4.98 Å². The molecular formula is C8H15N2O7P2+. The molecule has 1 rings (SSSR count).